The Morgan fingerprint density at radius 1 is 1.16 bits per heavy atom. The van der Waals surface area contributed by atoms with Gasteiger partial charge < -0.3 is 20.3 Å². The van der Waals surface area contributed by atoms with E-state index in [-0.39, 0.29) is 18.1 Å². The average molecular weight is 552 g/mol. The van der Waals surface area contributed by atoms with Gasteiger partial charge in [-0.3, -0.25) is 9.59 Å². The standard InChI is InChI=1S/C26H38ClN5O4S/c1-18(2)8-13-21(33)23-32(30-25(36-23)37-17-16-31(3)4)24(35)29-26(14-6-5-7-15-26)28-22(34)19-9-11-20(27)12-10-19/h9-12,18,23H,5-8,13-17H2,1-4H3,(H,28,34)(H,29,35). The highest BCUT2D eigenvalue weighted by Gasteiger charge is 2.42. The van der Waals surface area contributed by atoms with E-state index in [9.17, 15) is 14.4 Å². The van der Waals surface area contributed by atoms with Crippen molar-refractivity contribution in [2.45, 2.75) is 70.7 Å². The topological polar surface area (TPSA) is 103 Å². The van der Waals surface area contributed by atoms with E-state index < -0.39 is 17.9 Å². The second kappa shape index (κ2) is 13.5. The lowest BCUT2D eigenvalue weighted by molar-refractivity contribution is -0.131. The molecule has 0 bridgehead atoms. The van der Waals surface area contributed by atoms with Gasteiger partial charge in [0, 0.05) is 29.3 Å². The third-order valence-corrected chi connectivity index (χ3v) is 7.42. The van der Waals surface area contributed by atoms with E-state index in [0.717, 1.165) is 30.8 Å². The van der Waals surface area contributed by atoms with Crippen LogP contribution < -0.4 is 10.6 Å². The number of hydrogen-bond acceptors (Lipinski definition) is 7. The molecular formula is C26H38ClN5O4S. The predicted octanol–water partition coefficient (Wildman–Crippen LogP) is 4.67. The number of rotatable bonds is 10. The number of hydrazone groups is 1. The number of ether oxygens (including phenoxy) is 1. The van der Waals surface area contributed by atoms with E-state index in [0.29, 0.717) is 46.7 Å². The number of carbonyl (C=O) groups is 3. The Hall–Kier alpha value is -2.30. The van der Waals surface area contributed by atoms with E-state index in [1.807, 2.05) is 32.8 Å². The molecule has 9 nitrogen and oxygen atoms in total. The summed E-state index contributed by atoms with van der Waals surface area (Å²) in [6, 6.07) is 6.04. The summed E-state index contributed by atoms with van der Waals surface area (Å²) in [6.07, 6.45) is 3.73. The Bertz CT molecular complexity index is 980. The molecule has 2 N–H and O–H groups in total. The first kappa shape index (κ1) is 29.3. The summed E-state index contributed by atoms with van der Waals surface area (Å²) in [5.41, 5.74) is -0.499. The number of amides is 3. The van der Waals surface area contributed by atoms with Crippen LogP contribution in [0.5, 0.6) is 0 Å². The molecule has 37 heavy (non-hydrogen) atoms. The molecule has 0 radical (unpaired) electrons. The molecular weight excluding hydrogens is 514 g/mol. The molecule has 204 valence electrons. The Kier molecular flexibility index (Phi) is 10.7. The van der Waals surface area contributed by atoms with E-state index in [2.05, 4.69) is 15.7 Å². The van der Waals surface area contributed by atoms with Crippen LogP contribution in [-0.2, 0) is 9.53 Å². The minimum absolute atomic E-state index is 0.196. The summed E-state index contributed by atoms with van der Waals surface area (Å²) in [5.74, 6) is 0.550. The van der Waals surface area contributed by atoms with Crippen LogP contribution in [0.15, 0.2) is 29.4 Å². The van der Waals surface area contributed by atoms with Crippen LogP contribution in [0, 0.1) is 5.92 Å². The van der Waals surface area contributed by atoms with Crippen LogP contribution in [-0.4, -0.2) is 71.1 Å². The normalized spacial score (nSPS) is 18.9. The van der Waals surface area contributed by atoms with Crippen LogP contribution in [0.2, 0.25) is 5.02 Å². The maximum Gasteiger partial charge on any atom is 0.343 e. The number of nitrogens with zero attached hydrogens (tertiary/aromatic N) is 3. The number of urea groups is 1. The average Bonchev–Trinajstić information content (AvgIpc) is 3.27. The van der Waals surface area contributed by atoms with Gasteiger partial charge in [-0.2, -0.15) is 5.01 Å². The highest BCUT2D eigenvalue weighted by atomic mass is 35.5. The van der Waals surface area contributed by atoms with Gasteiger partial charge in [0.15, 0.2) is 5.78 Å². The zero-order valence-corrected chi connectivity index (χ0v) is 23.7. The zero-order chi connectivity index (χ0) is 27.0. The molecule has 1 saturated carbocycles. The Labute approximate surface area is 228 Å². The molecule has 3 rings (SSSR count). The summed E-state index contributed by atoms with van der Waals surface area (Å²) < 4.78 is 5.86. The molecule has 1 aromatic rings. The van der Waals surface area contributed by atoms with E-state index in [4.69, 9.17) is 16.3 Å². The largest absolute Gasteiger partial charge is 0.438 e. The fraction of sp³-hybridized carbons (Fsp3) is 0.615. The predicted molar refractivity (Wildman–Crippen MR) is 148 cm³/mol. The van der Waals surface area contributed by atoms with Gasteiger partial charge in [0.2, 0.25) is 0 Å². The van der Waals surface area contributed by atoms with Crippen molar-refractivity contribution in [2.24, 2.45) is 11.0 Å². The Morgan fingerprint density at radius 3 is 2.46 bits per heavy atom. The molecule has 1 aliphatic carbocycles. The van der Waals surface area contributed by atoms with Gasteiger partial charge in [0.25, 0.3) is 17.4 Å². The van der Waals surface area contributed by atoms with E-state index in [1.54, 1.807) is 24.3 Å². The monoisotopic (exact) mass is 551 g/mol. The minimum atomic E-state index is -1.12. The lowest BCUT2D eigenvalue weighted by Gasteiger charge is -2.39. The van der Waals surface area contributed by atoms with Crippen LogP contribution in [0.3, 0.4) is 0 Å². The molecule has 1 aromatic carbocycles. The van der Waals surface area contributed by atoms with Crippen molar-refractivity contribution in [1.82, 2.24) is 20.5 Å². The molecule has 1 unspecified atom stereocenters. The molecule has 3 amide bonds. The summed E-state index contributed by atoms with van der Waals surface area (Å²) in [5, 5.41) is 12.3. The number of halogens is 1. The molecule has 0 spiro atoms. The zero-order valence-electron chi connectivity index (χ0n) is 22.1. The van der Waals surface area contributed by atoms with Gasteiger partial charge in [0.05, 0.1) is 0 Å². The van der Waals surface area contributed by atoms with Crippen LogP contribution in [0.4, 0.5) is 4.79 Å². The van der Waals surface area contributed by atoms with Gasteiger partial charge in [0.1, 0.15) is 5.66 Å². The summed E-state index contributed by atoms with van der Waals surface area (Å²) >= 11 is 7.33. The summed E-state index contributed by atoms with van der Waals surface area (Å²) in [4.78, 5) is 41.7. The lowest BCUT2D eigenvalue weighted by Crippen LogP contribution is -2.64. The number of benzene rings is 1. The number of hydrogen-bond donors (Lipinski definition) is 2. The Balaban J connectivity index is 1.77. The SMILES string of the molecule is CC(C)CCC(=O)C1OC(SCCN(C)C)=NN1C(=O)NC1(NC(=O)c2ccc(Cl)cc2)CCCCC1. The minimum Gasteiger partial charge on any atom is -0.438 e. The van der Waals surface area contributed by atoms with E-state index >= 15 is 0 Å². The highest BCUT2D eigenvalue weighted by Crippen LogP contribution is 2.29. The van der Waals surface area contributed by atoms with Gasteiger partial charge in [-0.1, -0.05) is 43.6 Å². The van der Waals surface area contributed by atoms with Crippen molar-refractivity contribution in [3.05, 3.63) is 34.9 Å². The van der Waals surface area contributed by atoms with Gasteiger partial charge in [-0.05, 0) is 76.4 Å². The van der Waals surface area contributed by atoms with Gasteiger partial charge >= 0.3 is 6.03 Å². The van der Waals surface area contributed by atoms with Crippen LogP contribution in [0.25, 0.3) is 0 Å². The second-order valence-corrected chi connectivity index (χ2v) is 11.7. The number of thioether (sulfide) groups is 1. The molecule has 1 aliphatic heterocycles. The van der Waals surface area contributed by atoms with Crippen molar-refractivity contribution in [2.75, 3.05) is 26.4 Å². The lowest BCUT2D eigenvalue weighted by atomic mass is 9.88. The van der Waals surface area contributed by atoms with Crippen molar-refractivity contribution in [3.8, 4) is 0 Å². The molecule has 1 heterocycles. The fourth-order valence-corrected chi connectivity index (χ4v) is 5.25. The molecule has 0 aromatic heterocycles. The van der Waals surface area contributed by atoms with Crippen LogP contribution in [0.1, 0.15) is 69.2 Å². The van der Waals surface area contributed by atoms with Crippen molar-refractivity contribution in [1.29, 1.82) is 0 Å². The highest BCUT2D eigenvalue weighted by molar-refractivity contribution is 8.13. The van der Waals surface area contributed by atoms with Crippen LogP contribution >= 0.6 is 23.4 Å². The van der Waals surface area contributed by atoms with Crippen molar-refractivity contribution in [3.63, 3.8) is 0 Å². The number of ketones is 1. The number of carbonyl (C=O) groups excluding carboxylic acids is 3. The third kappa shape index (κ3) is 8.61. The van der Waals surface area contributed by atoms with Crippen molar-refractivity contribution < 1.29 is 19.1 Å². The summed E-state index contributed by atoms with van der Waals surface area (Å²) in [7, 11) is 3.94. The number of Topliss-reactive ketones (excluding diaryl/α,β-unsaturated/α-hetero) is 1. The molecule has 0 saturated heterocycles. The molecule has 2 aliphatic rings. The second-order valence-electron chi connectivity index (χ2n) is 10.3. The molecule has 11 heteroatoms. The van der Waals surface area contributed by atoms with Gasteiger partial charge in [-0.15, -0.1) is 5.10 Å². The third-order valence-electron chi connectivity index (χ3n) is 6.35. The Morgan fingerprint density at radius 2 is 1.84 bits per heavy atom. The smallest absolute Gasteiger partial charge is 0.343 e. The first-order chi connectivity index (χ1) is 17.6. The van der Waals surface area contributed by atoms with E-state index in [1.165, 1.54) is 11.8 Å². The maximum atomic E-state index is 13.6. The molecule has 1 atom stereocenters. The fourth-order valence-electron chi connectivity index (χ4n) is 4.19. The first-order valence-corrected chi connectivity index (χ1v) is 14.2. The molecule has 1 fully saturated rings. The van der Waals surface area contributed by atoms with Crippen molar-refractivity contribution >= 4 is 46.3 Å². The first-order valence-electron chi connectivity index (χ1n) is 12.8. The summed E-state index contributed by atoms with van der Waals surface area (Å²) in [6.45, 7) is 4.88. The van der Waals surface area contributed by atoms with Gasteiger partial charge in [-0.25, -0.2) is 4.79 Å². The quantitative estimate of drug-likeness (QED) is 0.410. The number of nitrogens with one attached hydrogen (secondary N) is 2. The maximum absolute atomic E-state index is 13.6.